The van der Waals surface area contributed by atoms with E-state index in [0.717, 1.165) is 31.5 Å². The minimum Gasteiger partial charge on any atom is -0.314 e. The Morgan fingerprint density at radius 3 is 2.71 bits per heavy atom. The number of hydrogen-bond donors (Lipinski definition) is 1. The number of hydrogen-bond acceptors (Lipinski definition) is 3. The van der Waals surface area contributed by atoms with Crippen LogP contribution in [0.25, 0.3) is 0 Å². The van der Waals surface area contributed by atoms with Crippen molar-refractivity contribution in [1.29, 1.82) is 0 Å². The normalized spacial score (nSPS) is 12.6. The summed E-state index contributed by atoms with van der Waals surface area (Å²) in [7, 11) is 2.02. The molecule has 4 nitrogen and oxygen atoms in total. The zero-order valence-corrected chi connectivity index (χ0v) is 13.6. The molecule has 4 heteroatoms. The van der Waals surface area contributed by atoms with Gasteiger partial charge in [0.05, 0.1) is 5.69 Å². The highest BCUT2D eigenvalue weighted by Gasteiger charge is 2.13. The Kier molecular flexibility index (Phi) is 5.51. The molecule has 0 aliphatic heterocycles. The first-order chi connectivity index (χ1) is 10.1. The minimum atomic E-state index is 0.484. The van der Waals surface area contributed by atoms with Crippen molar-refractivity contribution < 1.29 is 0 Å². The highest BCUT2D eigenvalue weighted by atomic mass is 15.3. The van der Waals surface area contributed by atoms with Gasteiger partial charge in [-0.05, 0) is 56.8 Å². The highest BCUT2D eigenvalue weighted by molar-refractivity contribution is 5.24. The fourth-order valence-corrected chi connectivity index (χ4v) is 2.87. The van der Waals surface area contributed by atoms with Crippen LogP contribution in [0.4, 0.5) is 0 Å². The van der Waals surface area contributed by atoms with Gasteiger partial charge in [-0.25, -0.2) is 0 Å². The predicted octanol–water partition coefficient (Wildman–Crippen LogP) is 2.59. The summed E-state index contributed by atoms with van der Waals surface area (Å²) in [6, 6.07) is 4.64. The standard InChI is InChI=1S/C17H26N4/c1-5-19-16(11-15-7-6-10-18-12-15)8-9-17-13(2)20-21(4)14(17)3/h6-7,10,12,16,19H,5,8-9,11H2,1-4H3. The molecule has 2 aromatic rings. The van der Waals surface area contributed by atoms with Crippen molar-refractivity contribution >= 4 is 0 Å². The molecule has 1 unspecified atom stereocenters. The van der Waals surface area contributed by atoms with Gasteiger partial charge in [0.1, 0.15) is 0 Å². The molecular weight excluding hydrogens is 260 g/mol. The molecule has 0 aliphatic rings. The fourth-order valence-electron chi connectivity index (χ4n) is 2.87. The summed E-state index contributed by atoms with van der Waals surface area (Å²) < 4.78 is 1.98. The van der Waals surface area contributed by atoms with Crippen LogP contribution in [0.3, 0.4) is 0 Å². The van der Waals surface area contributed by atoms with Crippen molar-refractivity contribution in [2.24, 2.45) is 7.05 Å². The van der Waals surface area contributed by atoms with Crippen LogP contribution in [0, 0.1) is 13.8 Å². The average molecular weight is 286 g/mol. The predicted molar refractivity (Wildman–Crippen MR) is 86.4 cm³/mol. The molecule has 2 rings (SSSR count). The van der Waals surface area contributed by atoms with E-state index < -0.39 is 0 Å². The summed E-state index contributed by atoms with van der Waals surface area (Å²) in [6.45, 7) is 7.41. The lowest BCUT2D eigenvalue weighted by Crippen LogP contribution is -2.31. The van der Waals surface area contributed by atoms with Crippen molar-refractivity contribution in [3.8, 4) is 0 Å². The molecule has 2 aromatic heterocycles. The lowest BCUT2D eigenvalue weighted by molar-refractivity contribution is 0.489. The van der Waals surface area contributed by atoms with Gasteiger partial charge in [0.2, 0.25) is 0 Å². The van der Waals surface area contributed by atoms with E-state index in [1.54, 1.807) is 0 Å². The molecule has 2 heterocycles. The molecule has 0 aromatic carbocycles. The van der Waals surface area contributed by atoms with Gasteiger partial charge >= 0.3 is 0 Å². The van der Waals surface area contributed by atoms with Crippen LogP contribution in [0.5, 0.6) is 0 Å². The lowest BCUT2D eigenvalue weighted by atomic mass is 9.99. The Balaban J connectivity index is 2.00. The number of aryl methyl sites for hydroxylation is 2. The molecule has 114 valence electrons. The minimum absolute atomic E-state index is 0.484. The smallest absolute Gasteiger partial charge is 0.0628 e. The van der Waals surface area contributed by atoms with Gasteiger partial charge < -0.3 is 5.32 Å². The van der Waals surface area contributed by atoms with Gasteiger partial charge in [0.15, 0.2) is 0 Å². The molecular formula is C17H26N4. The van der Waals surface area contributed by atoms with Gasteiger partial charge in [0.25, 0.3) is 0 Å². The SMILES string of the molecule is CCNC(CCc1c(C)nn(C)c1C)Cc1cccnc1. The lowest BCUT2D eigenvalue weighted by Gasteiger charge is -2.18. The summed E-state index contributed by atoms with van der Waals surface area (Å²) in [5.41, 5.74) is 5.13. The Hall–Kier alpha value is -1.68. The number of pyridine rings is 1. The Morgan fingerprint density at radius 2 is 2.14 bits per heavy atom. The Morgan fingerprint density at radius 1 is 1.33 bits per heavy atom. The first-order valence-corrected chi connectivity index (χ1v) is 7.73. The van der Waals surface area contributed by atoms with Crippen molar-refractivity contribution in [2.45, 2.75) is 46.1 Å². The number of rotatable bonds is 7. The van der Waals surface area contributed by atoms with Crippen LogP contribution >= 0.6 is 0 Å². The topological polar surface area (TPSA) is 42.7 Å². The molecule has 1 atom stereocenters. The van der Waals surface area contributed by atoms with Crippen LogP contribution < -0.4 is 5.32 Å². The van der Waals surface area contributed by atoms with Crippen LogP contribution in [-0.2, 0) is 19.9 Å². The first-order valence-electron chi connectivity index (χ1n) is 7.73. The summed E-state index contributed by atoms with van der Waals surface area (Å²) >= 11 is 0. The van der Waals surface area contributed by atoms with Crippen LogP contribution in [0.15, 0.2) is 24.5 Å². The molecule has 21 heavy (non-hydrogen) atoms. The zero-order chi connectivity index (χ0) is 15.2. The highest BCUT2D eigenvalue weighted by Crippen LogP contribution is 2.16. The molecule has 0 fully saturated rings. The number of nitrogens with zero attached hydrogens (tertiary/aromatic N) is 3. The maximum atomic E-state index is 4.50. The van der Waals surface area contributed by atoms with Crippen LogP contribution in [0.1, 0.15) is 35.9 Å². The second kappa shape index (κ2) is 7.36. The number of nitrogens with one attached hydrogen (secondary N) is 1. The molecule has 0 radical (unpaired) electrons. The Labute approximate surface area is 127 Å². The first kappa shape index (κ1) is 15.7. The maximum Gasteiger partial charge on any atom is 0.0628 e. The van der Waals surface area contributed by atoms with E-state index in [0.29, 0.717) is 6.04 Å². The summed E-state index contributed by atoms with van der Waals surface area (Å²) in [6.07, 6.45) is 7.01. The van der Waals surface area contributed by atoms with Crippen molar-refractivity contribution in [1.82, 2.24) is 20.1 Å². The maximum absolute atomic E-state index is 4.50. The Bertz CT molecular complexity index is 560. The third-order valence-electron chi connectivity index (χ3n) is 4.10. The second-order valence-corrected chi connectivity index (χ2v) is 5.63. The summed E-state index contributed by atoms with van der Waals surface area (Å²) in [5, 5.41) is 8.10. The third kappa shape index (κ3) is 4.14. The van der Waals surface area contributed by atoms with E-state index in [1.165, 1.54) is 16.8 Å². The quantitative estimate of drug-likeness (QED) is 0.850. The van der Waals surface area contributed by atoms with E-state index in [9.17, 15) is 0 Å². The molecule has 1 N–H and O–H groups in total. The molecule has 0 bridgehead atoms. The molecule has 0 amide bonds. The second-order valence-electron chi connectivity index (χ2n) is 5.63. The largest absolute Gasteiger partial charge is 0.314 e. The van der Waals surface area contributed by atoms with Crippen molar-refractivity contribution in [3.63, 3.8) is 0 Å². The van der Waals surface area contributed by atoms with Crippen molar-refractivity contribution in [3.05, 3.63) is 47.0 Å². The van der Waals surface area contributed by atoms with Crippen molar-refractivity contribution in [2.75, 3.05) is 6.54 Å². The van der Waals surface area contributed by atoms with Crippen LogP contribution in [-0.4, -0.2) is 27.4 Å². The third-order valence-corrected chi connectivity index (χ3v) is 4.10. The monoisotopic (exact) mass is 286 g/mol. The number of aromatic nitrogens is 3. The molecule has 0 saturated heterocycles. The van der Waals surface area contributed by atoms with Gasteiger partial charge in [-0.15, -0.1) is 0 Å². The van der Waals surface area contributed by atoms with E-state index in [-0.39, 0.29) is 0 Å². The molecule has 0 saturated carbocycles. The van der Waals surface area contributed by atoms with Gasteiger partial charge in [-0.3, -0.25) is 9.67 Å². The van der Waals surface area contributed by atoms with E-state index in [4.69, 9.17) is 0 Å². The summed E-state index contributed by atoms with van der Waals surface area (Å²) in [5.74, 6) is 0. The fraction of sp³-hybridized carbons (Fsp3) is 0.529. The average Bonchev–Trinajstić information content (AvgIpc) is 2.71. The van der Waals surface area contributed by atoms with Gasteiger partial charge in [-0.1, -0.05) is 13.0 Å². The molecule has 0 aliphatic carbocycles. The van der Waals surface area contributed by atoms with E-state index >= 15 is 0 Å². The zero-order valence-electron chi connectivity index (χ0n) is 13.6. The van der Waals surface area contributed by atoms with Gasteiger partial charge in [0, 0.05) is 31.2 Å². The molecule has 0 spiro atoms. The summed E-state index contributed by atoms with van der Waals surface area (Å²) in [4.78, 5) is 4.21. The van der Waals surface area contributed by atoms with Gasteiger partial charge in [-0.2, -0.15) is 5.10 Å². The van der Waals surface area contributed by atoms with E-state index in [2.05, 4.69) is 42.2 Å². The van der Waals surface area contributed by atoms with Crippen LogP contribution in [0.2, 0.25) is 0 Å². The number of likely N-dealkylation sites (N-methyl/N-ethyl adjacent to an activating group) is 1. The van der Waals surface area contributed by atoms with E-state index in [1.807, 2.05) is 30.2 Å².